The SMILES string of the molecule is Cc1cnc(C(C(=O)O)C2CCCC2)cn1. The second kappa shape index (κ2) is 4.60. The van der Waals surface area contributed by atoms with Crippen molar-refractivity contribution in [3.8, 4) is 0 Å². The molecule has 0 amide bonds. The Morgan fingerprint density at radius 2 is 2.06 bits per heavy atom. The molecule has 1 fully saturated rings. The van der Waals surface area contributed by atoms with Gasteiger partial charge in [-0.05, 0) is 25.7 Å². The number of carboxylic acids is 1. The van der Waals surface area contributed by atoms with Crippen LogP contribution < -0.4 is 0 Å². The van der Waals surface area contributed by atoms with Crippen molar-refractivity contribution in [3.05, 3.63) is 23.8 Å². The molecule has 1 heterocycles. The molecule has 2 rings (SSSR count). The lowest BCUT2D eigenvalue weighted by molar-refractivity contribution is -0.140. The van der Waals surface area contributed by atoms with Gasteiger partial charge in [-0.3, -0.25) is 14.8 Å². The maximum absolute atomic E-state index is 11.3. The van der Waals surface area contributed by atoms with Crippen LogP contribution in [0.3, 0.4) is 0 Å². The lowest BCUT2D eigenvalue weighted by Crippen LogP contribution is -2.21. The summed E-state index contributed by atoms with van der Waals surface area (Å²) in [6, 6.07) is 0. The van der Waals surface area contributed by atoms with Crippen LogP contribution in [0.15, 0.2) is 12.4 Å². The predicted molar refractivity (Wildman–Crippen MR) is 59.1 cm³/mol. The van der Waals surface area contributed by atoms with E-state index in [0.29, 0.717) is 5.69 Å². The van der Waals surface area contributed by atoms with Crippen LogP contribution in [0.5, 0.6) is 0 Å². The first-order valence-electron chi connectivity index (χ1n) is 5.70. The first-order chi connectivity index (χ1) is 7.68. The molecule has 0 spiro atoms. The van der Waals surface area contributed by atoms with Crippen molar-refractivity contribution in [2.24, 2.45) is 5.92 Å². The Kier molecular flexibility index (Phi) is 3.17. The number of aryl methyl sites for hydroxylation is 1. The van der Waals surface area contributed by atoms with Gasteiger partial charge < -0.3 is 5.11 Å². The third kappa shape index (κ3) is 2.21. The highest BCUT2D eigenvalue weighted by Crippen LogP contribution is 2.36. The van der Waals surface area contributed by atoms with Gasteiger partial charge in [0, 0.05) is 12.4 Å². The van der Waals surface area contributed by atoms with E-state index in [2.05, 4.69) is 9.97 Å². The van der Waals surface area contributed by atoms with Crippen molar-refractivity contribution in [1.29, 1.82) is 0 Å². The average molecular weight is 220 g/mol. The number of aliphatic carboxylic acids is 1. The number of hydrogen-bond donors (Lipinski definition) is 1. The first kappa shape index (κ1) is 11.0. The average Bonchev–Trinajstić information content (AvgIpc) is 2.74. The van der Waals surface area contributed by atoms with Crippen molar-refractivity contribution < 1.29 is 9.90 Å². The Hall–Kier alpha value is -1.45. The van der Waals surface area contributed by atoms with Crippen LogP contribution in [0, 0.1) is 12.8 Å². The molecule has 0 radical (unpaired) electrons. The molecule has 1 atom stereocenters. The minimum absolute atomic E-state index is 0.231. The molecule has 1 aromatic rings. The lowest BCUT2D eigenvalue weighted by atomic mass is 9.88. The summed E-state index contributed by atoms with van der Waals surface area (Å²) in [7, 11) is 0. The Bertz CT molecular complexity index is 369. The highest BCUT2D eigenvalue weighted by molar-refractivity contribution is 5.75. The van der Waals surface area contributed by atoms with E-state index in [1.807, 2.05) is 6.92 Å². The molecule has 1 aliphatic rings. The van der Waals surface area contributed by atoms with E-state index >= 15 is 0 Å². The number of carbonyl (C=O) groups is 1. The Balaban J connectivity index is 2.24. The quantitative estimate of drug-likeness (QED) is 0.847. The van der Waals surface area contributed by atoms with Gasteiger partial charge in [0.2, 0.25) is 0 Å². The van der Waals surface area contributed by atoms with Crippen LogP contribution in [0.4, 0.5) is 0 Å². The van der Waals surface area contributed by atoms with Crippen molar-refractivity contribution in [2.75, 3.05) is 0 Å². The number of nitrogens with zero attached hydrogens (tertiary/aromatic N) is 2. The summed E-state index contributed by atoms with van der Waals surface area (Å²) in [5, 5.41) is 9.29. The molecule has 0 aromatic carbocycles. The second-order valence-electron chi connectivity index (χ2n) is 4.44. The normalized spacial score (nSPS) is 18.6. The van der Waals surface area contributed by atoms with Gasteiger partial charge >= 0.3 is 5.97 Å². The van der Waals surface area contributed by atoms with Crippen LogP contribution in [-0.4, -0.2) is 21.0 Å². The largest absolute Gasteiger partial charge is 0.481 e. The molecule has 1 aromatic heterocycles. The monoisotopic (exact) mass is 220 g/mol. The highest BCUT2D eigenvalue weighted by Gasteiger charge is 2.32. The van der Waals surface area contributed by atoms with Gasteiger partial charge in [0.15, 0.2) is 0 Å². The van der Waals surface area contributed by atoms with E-state index in [1.165, 1.54) is 0 Å². The smallest absolute Gasteiger partial charge is 0.312 e. The topological polar surface area (TPSA) is 63.1 Å². The van der Waals surface area contributed by atoms with Crippen molar-refractivity contribution in [1.82, 2.24) is 9.97 Å². The van der Waals surface area contributed by atoms with Crippen LogP contribution in [0.2, 0.25) is 0 Å². The Morgan fingerprint density at radius 1 is 1.38 bits per heavy atom. The number of aromatic nitrogens is 2. The maximum atomic E-state index is 11.3. The fourth-order valence-corrected chi connectivity index (χ4v) is 2.42. The van der Waals surface area contributed by atoms with Crippen LogP contribution in [0.1, 0.15) is 43.0 Å². The summed E-state index contributed by atoms with van der Waals surface area (Å²) in [6.07, 6.45) is 7.49. The van der Waals surface area contributed by atoms with E-state index in [0.717, 1.165) is 31.4 Å². The molecule has 1 saturated carbocycles. The van der Waals surface area contributed by atoms with Gasteiger partial charge in [-0.1, -0.05) is 12.8 Å². The maximum Gasteiger partial charge on any atom is 0.312 e. The third-order valence-corrected chi connectivity index (χ3v) is 3.26. The summed E-state index contributed by atoms with van der Waals surface area (Å²) >= 11 is 0. The molecule has 86 valence electrons. The molecule has 16 heavy (non-hydrogen) atoms. The second-order valence-corrected chi connectivity index (χ2v) is 4.44. The van der Waals surface area contributed by atoms with Crippen molar-refractivity contribution in [3.63, 3.8) is 0 Å². The van der Waals surface area contributed by atoms with E-state index in [1.54, 1.807) is 12.4 Å². The molecule has 1 unspecified atom stereocenters. The molecular weight excluding hydrogens is 204 g/mol. The lowest BCUT2D eigenvalue weighted by Gasteiger charge is -2.18. The highest BCUT2D eigenvalue weighted by atomic mass is 16.4. The zero-order valence-corrected chi connectivity index (χ0v) is 9.39. The third-order valence-electron chi connectivity index (χ3n) is 3.26. The fraction of sp³-hybridized carbons (Fsp3) is 0.583. The van der Waals surface area contributed by atoms with E-state index < -0.39 is 11.9 Å². The Labute approximate surface area is 94.7 Å². The van der Waals surface area contributed by atoms with Gasteiger partial charge in [0.05, 0.1) is 11.4 Å². The summed E-state index contributed by atoms with van der Waals surface area (Å²) < 4.78 is 0. The van der Waals surface area contributed by atoms with Gasteiger partial charge in [-0.15, -0.1) is 0 Å². The van der Waals surface area contributed by atoms with Gasteiger partial charge in [0.1, 0.15) is 5.92 Å². The van der Waals surface area contributed by atoms with Crippen molar-refractivity contribution in [2.45, 2.75) is 38.5 Å². The minimum Gasteiger partial charge on any atom is -0.481 e. The molecular formula is C12H16N2O2. The molecule has 4 heteroatoms. The summed E-state index contributed by atoms with van der Waals surface area (Å²) in [5.41, 5.74) is 1.42. The number of hydrogen-bond acceptors (Lipinski definition) is 3. The molecule has 1 N–H and O–H groups in total. The zero-order valence-electron chi connectivity index (χ0n) is 9.39. The van der Waals surface area contributed by atoms with Crippen molar-refractivity contribution >= 4 is 5.97 Å². The fourth-order valence-electron chi connectivity index (χ4n) is 2.42. The molecule has 0 bridgehead atoms. The van der Waals surface area contributed by atoms with Crippen LogP contribution in [0.25, 0.3) is 0 Å². The molecule has 0 aliphatic heterocycles. The number of carboxylic acid groups (broad SMARTS) is 1. The summed E-state index contributed by atoms with van der Waals surface area (Å²) in [6.45, 7) is 1.85. The van der Waals surface area contributed by atoms with E-state index in [4.69, 9.17) is 0 Å². The van der Waals surface area contributed by atoms with Crippen LogP contribution in [-0.2, 0) is 4.79 Å². The van der Waals surface area contributed by atoms with Gasteiger partial charge in [-0.2, -0.15) is 0 Å². The van der Waals surface area contributed by atoms with Crippen LogP contribution >= 0.6 is 0 Å². The van der Waals surface area contributed by atoms with Gasteiger partial charge in [-0.25, -0.2) is 0 Å². The van der Waals surface area contributed by atoms with Gasteiger partial charge in [0.25, 0.3) is 0 Å². The number of rotatable bonds is 3. The predicted octanol–water partition coefficient (Wildman–Crippen LogP) is 2.14. The summed E-state index contributed by atoms with van der Waals surface area (Å²) in [5.74, 6) is -1.02. The molecule has 4 nitrogen and oxygen atoms in total. The molecule has 0 saturated heterocycles. The first-order valence-corrected chi connectivity index (χ1v) is 5.70. The minimum atomic E-state index is -0.773. The van der Waals surface area contributed by atoms with E-state index in [-0.39, 0.29) is 5.92 Å². The molecule has 1 aliphatic carbocycles. The Morgan fingerprint density at radius 3 is 2.56 bits per heavy atom. The standard InChI is InChI=1S/C12H16N2O2/c1-8-6-14-10(7-13-8)11(12(15)16)9-4-2-3-5-9/h6-7,9,11H,2-5H2,1H3,(H,15,16). The summed E-state index contributed by atoms with van der Waals surface area (Å²) in [4.78, 5) is 19.6. The zero-order chi connectivity index (χ0) is 11.5. The van der Waals surface area contributed by atoms with E-state index in [9.17, 15) is 9.90 Å².